The number of hydrogen-bond acceptors (Lipinski definition) is 4. The second-order valence-corrected chi connectivity index (χ2v) is 9.94. The maximum atomic E-state index is 4.55. The maximum Gasteiger partial charge on any atom is 0.123 e. The molecular weight excluding hydrogens is 524 g/mol. The van der Waals surface area contributed by atoms with Crippen molar-refractivity contribution in [2.24, 2.45) is 9.98 Å². The number of rotatable bonds is 17. The van der Waals surface area contributed by atoms with Crippen molar-refractivity contribution in [3.63, 3.8) is 0 Å². The fraction of sp³-hybridized carbons (Fsp3) is 0.256. The summed E-state index contributed by atoms with van der Waals surface area (Å²) in [4.78, 5) is 9.09. The molecule has 0 aromatic carbocycles. The summed E-state index contributed by atoms with van der Waals surface area (Å²) in [5.74, 6) is 0.533. The first kappa shape index (κ1) is 34.4. The van der Waals surface area contributed by atoms with E-state index in [1.165, 1.54) is 11.1 Å². The molecule has 4 nitrogen and oxygen atoms in total. The van der Waals surface area contributed by atoms with E-state index in [9.17, 15) is 0 Å². The lowest BCUT2D eigenvalue weighted by Crippen LogP contribution is -2.12. The van der Waals surface area contributed by atoms with Gasteiger partial charge >= 0.3 is 0 Å². The van der Waals surface area contributed by atoms with Gasteiger partial charge in [-0.2, -0.15) is 0 Å². The normalized spacial score (nSPS) is 14.8. The van der Waals surface area contributed by atoms with Crippen LogP contribution < -0.4 is 10.6 Å². The van der Waals surface area contributed by atoms with Gasteiger partial charge in [0.05, 0.1) is 11.4 Å². The topological polar surface area (TPSA) is 48.8 Å². The summed E-state index contributed by atoms with van der Waals surface area (Å²) in [5.41, 5.74) is 17.6. The Labute approximate surface area is 259 Å². The molecule has 0 amide bonds. The van der Waals surface area contributed by atoms with E-state index in [0.29, 0.717) is 5.82 Å². The molecule has 4 heteroatoms. The van der Waals surface area contributed by atoms with Crippen LogP contribution in [0.4, 0.5) is 0 Å². The van der Waals surface area contributed by atoms with E-state index in [1.807, 2.05) is 61.7 Å². The highest BCUT2D eigenvalue weighted by Gasteiger charge is 2.03. The quantitative estimate of drug-likeness (QED) is 0.104. The summed E-state index contributed by atoms with van der Waals surface area (Å²) in [6.45, 7) is 20.6. The number of hydrogen-bond donors (Lipinski definition) is 2. The Bertz CT molecular complexity index is 1490. The number of allylic oxidation sites excluding steroid dienone is 14. The lowest BCUT2D eigenvalue weighted by Gasteiger charge is -2.10. The molecule has 0 heterocycles. The number of nitrogens with zero attached hydrogens (tertiary/aromatic N) is 2. The average molecular weight is 571 g/mol. The zero-order valence-corrected chi connectivity index (χ0v) is 26.3. The van der Waals surface area contributed by atoms with E-state index in [1.54, 1.807) is 12.3 Å². The first-order chi connectivity index (χ1) is 20.9. The van der Waals surface area contributed by atoms with E-state index in [-0.39, 0.29) is 0 Å². The zero-order valence-electron chi connectivity index (χ0n) is 26.3. The Morgan fingerprint density at radius 2 is 1.91 bits per heavy atom. The number of nitrogens with one attached hydrogen (secondary N) is 2. The Hall–Kier alpha value is -4.84. The van der Waals surface area contributed by atoms with Gasteiger partial charge in [-0.05, 0) is 80.6 Å². The smallest absolute Gasteiger partial charge is 0.123 e. The Balaban J connectivity index is 1.97. The van der Waals surface area contributed by atoms with Crippen LogP contribution in [0.2, 0.25) is 0 Å². The second kappa shape index (κ2) is 20.1. The zero-order chi connectivity index (χ0) is 31.3. The van der Waals surface area contributed by atoms with Gasteiger partial charge in [-0.25, -0.2) is 4.99 Å². The first-order valence-electron chi connectivity index (χ1n) is 15.0. The van der Waals surface area contributed by atoms with Gasteiger partial charge in [0, 0.05) is 47.1 Å². The number of aliphatic imine (C=N–C) groups is 2. The largest absolute Gasteiger partial charge is 0.358 e. The fourth-order valence-electron chi connectivity index (χ4n) is 4.05. The van der Waals surface area contributed by atoms with Crippen molar-refractivity contribution in [1.29, 1.82) is 0 Å². The highest BCUT2D eigenvalue weighted by molar-refractivity contribution is 6.09. The van der Waals surface area contributed by atoms with E-state index in [4.69, 9.17) is 0 Å². The molecule has 2 aliphatic carbocycles. The summed E-state index contributed by atoms with van der Waals surface area (Å²) >= 11 is 0. The summed E-state index contributed by atoms with van der Waals surface area (Å²) in [6.07, 6.45) is 33.0. The van der Waals surface area contributed by atoms with Crippen molar-refractivity contribution in [3.8, 4) is 0 Å². The van der Waals surface area contributed by atoms with Crippen LogP contribution in [0.5, 0.6) is 0 Å². The molecule has 2 N–H and O–H groups in total. The Kier molecular flexibility index (Phi) is 16.1. The van der Waals surface area contributed by atoms with Crippen LogP contribution >= 0.6 is 0 Å². The molecule has 0 atom stereocenters. The van der Waals surface area contributed by atoms with Crippen LogP contribution in [0.25, 0.3) is 0 Å². The third-order valence-electron chi connectivity index (χ3n) is 6.35. The standard InChI is InChI=1S/C39H46N4/c1-8-18-32(6)42-39-24-14-12-13-22-36(39)30-41-33(7)43-37-23-17-21-35(27-28-37)20-15-16-29-40-38(11-4)31(5)25-26-34(10-3)19-9-2/h11-13,16,18,21-25,27-30,42-43H,4-5,7-10,15,19-20H2,1-3,6H3/b29-16-,32-18-,40-38?,41-30?. The predicted molar refractivity (Wildman–Crippen MR) is 188 cm³/mol. The first-order valence-corrected chi connectivity index (χ1v) is 15.0. The van der Waals surface area contributed by atoms with Crippen molar-refractivity contribution in [1.82, 2.24) is 10.6 Å². The minimum Gasteiger partial charge on any atom is -0.358 e. The minimum atomic E-state index is 0.533. The van der Waals surface area contributed by atoms with Crippen molar-refractivity contribution >= 4 is 11.9 Å². The summed E-state index contributed by atoms with van der Waals surface area (Å²) in [7, 11) is 0. The van der Waals surface area contributed by atoms with Crippen LogP contribution in [0, 0.1) is 0 Å². The molecule has 0 aliphatic heterocycles. The van der Waals surface area contributed by atoms with Crippen molar-refractivity contribution in [3.05, 3.63) is 161 Å². The molecule has 0 spiro atoms. The van der Waals surface area contributed by atoms with Gasteiger partial charge < -0.3 is 10.6 Å². The van der Waals surface area contributed by atoms with Gasteiger partial charge in [0.1, 0.15) is 5.82 Å². The molecule has 2 rings (SSSR count). The Morgan fingerprint density at radius 3 is 2.65 bits per heavy atom. The van der Waals surface area contributed by atoms with E-state index >= 15 is 0 Å². The molecule has 2 aliphatic rings. The highest BCUT2D eigenvalue weighted by atomic mass is 15.0. The van der Waals surface area contributed by atoms with Crippen LogP contribution in [-0.2, 0) is 0 Å². The van der Waals surface area contributed by atoms with Gasteiger partial charge in [0.15, 0.2) is 0 Å². The molecule has 0 bridgehead atoms. The van der Waals surface area contributed by atoms with Crippen molar-refractivity contribution in [2.75, 3.05) is 0 Å². The van der Waals surface area contributed by atoms with E-state index in [0.717, 1.165) is 72.5 Å². The fourth-order valence-corrected chi connectivity index (χ4v) is 4.05. The average Bonchev–Trinajstić information content (AvgIpc) is 3.36. The molecule has 43 heavy (non-hydrogen) atoms. The van der Waals surface area contributed by atoms with Gasteiger partial charge in [-0.3, -0.25) is 4.99 Å². The molecule has 0 saturated carbocycles. The summed E-state index contributed by atoms with van der Waals surface area (Å²) in [6, 6.07) is 0. The Morgan fingerprint density at radius 1 is 1.07 bits per heavy atom. The third kappa shape index (κ3) is 13.6. The summed E-state index contributed by atoms with van der Waals surface area (Å²) < 4.78 is 0. The van der Waals surface area contributed by atoms with E-state index < -0.39 is 0 Å². The molecule has 0 radical (unpaired) electrons. The van der Waals surface area contributed by atoms with Gasteiger partial charge in [-0.15, -0.1) is 17.2 Å². The molecule has 0 unspecified atom stereocenters. The van der Waals surface area contributed by atoms with Gasteiger partial charge in [0.2, 0.25) is 0 Å². The SMILES string of the molecule is C=CC(=N/C=C\CCC1=CC=C(NC(=C)N=CC2=C(N/C(C)=C\CC)C=C=CC=C2)C=C=C1)C(=C)C=C=C(CC)CCC. The molecule has 222 valence electrons. The van der Waals surface area contributed by atoms with Crippen LogP contribution in [0.1, 0.15) is 66.2 Å². The summed E-state index contributed by atoms with van der Waals surface area (Å²) in [5, 5.41) is 6.69. The molecule has 0 saturated heterocycles. The van der Waals surface area contributed by atoms with E-state index in [2.05, 4.69) is 96.5 Å². The second-order valence-electron chi connectivity index (χ2n) is 9.94. The van der Waals surface area contributed by atoms with Crippen LogP contribution in [-0.4, -0.2) is 11.9 Å². The monoisotopic (exact) mass is 570 g/mol. The molecule has 0 fully saturated rings. The van der Waals surface area contributed by atoms with Crippen molar-refractivity contribution < 1.29 is 0 Å². The maximum absolute atomic E-state index is 4.55. The molecule has 0 aromatic heterocycles. The predicted octanol–water partition coefficient (Wildman–Crippen LogP) is 9.86. The van der Waals surface area contributed by atoms with Crippen molar-refractivity contribution in [2.45, 2.75) is 66.2 Å². The van der Waals surface area contributed by atoms with Gasteiger partial charge in [0.25, 0.3) is 0 Å². The lowest BCUT2D eigenvalue weighted by atomic mass is 10.1. The molecular formula is C39H46N4. The van der Waals surface area contributed by atoms with Crippen LogP contribution in [0.3, 0.4) is 0 Å². The lowest BCUT2D eigenvalue weighted by molar-refractivity contribution is 0.861. The van der Waals surface area contributed by atoms with Crippen LogP contribution in [0.15, 0.2) is 171 Å². The third-order valence-corrected chi connectivity index (χ3v) is 6.35. The van der Waals surface area contributed by atoms with Gasteiger partial charge in [-0.1, -0.05) is 77.3 Å². The highest BCUT2D eigenvalue weighted by Crippen LogP contribution is 2.13. The minimum absolute atomic E-state index is 0.533. The molecule has 0 aromatic rings.